The summed E-state index contributed by atoms with van der Waals surface area (Å²) in [7, 11) is 0. The van der Waals surface area contributed by atoms with Crippen LogP contribution in [0.15, 0.2) is 18.3 Å². The first-order valence-electron chi connectivity index (χ1n) is 6.01. The molecule has 1 amide bonds. The smallest absolute Gasteiger partial charge is 0.381 e. The summed E-state index contributed by atoms with van der Waals surface area (Å²) in [6.07, 6.45) is -1.33. The average molecular weight is 273 g/mol. The van der Waals surface area contributed by atoms with Gasteiger partial charge in [0.1, 0.15) is 5.69 Å². The lowest BCUT2D eigenvalue weighted by molar-refractivity contribution is -0.141. The van der Waals surface area contributed by atoms with Crippen LogP contribution in [0.1, 0.15) is 25.0 Å². The molecule has 0 spiro atoms. The number of hydrogen-bond acceptors (Lipinski definition) is 3. The predicted molar refractivity (Wildman–Crippen MR) is 63.5 cm³/mol. The lowest BCUT2D eigenvalue weighted by Gasteiger charge is -2.16. The van der Waals surface area contributed by atoms with Crippen molar-refractivity contribution in [1.29, 1.82) is 0 Å². The fraction of sp³-hybridized carbons (Fsp3) is 0.500. The molecule has 0 bridgehead atoms. The minimum atomic E-state index is -4.43. The first kappa shape index (κ1) is 13.6. The van der Waals surface area contributed by atoms with E-state index in [4.69, 9.17) is 0 Å². The number of nitrogens with zero attached hydrogens (tertiary/aromatic N) is 1. The van der Waals surface area contributed by atoms with Gasteiger partial charge in [-0.05, 0) is 25.0 Å². The maximum atomic E-state index is 12.3. The van der Waals surface area contributed by atoms with Crippen molar-refractivity contribution in [3.63, 3.8) is 0 Å². The molecule has 2 N–H and O–H groups in total. The fourth-order valence-electron chi connectivity index (χ4n) is 1.98. The van der Waals surface area contributed by atoms with Gasteiger partial charge in [-0.3, -0.25) is 4.79 Å². The van der Waals surface area contributed by atoms with Gasteiger partial charge in [0.2, 0.25) is 5.91 Å². The number of nitrogens with one attached hydrogen (secondary N) is 2. The number of carbonyl (C=O) groups excluding carboxylic acids is 1. The monoisotopic (exact) mass is 273 g/mol. The predicted octanol–water partition coefficient (Wildman–Crippen LogP) is 2.18. The third kappa shape index (κ3) is 3.84. The largest absolute Gasteiger partial charge is 0.433 e. The molecule has 1 saturated heterocycles. The normalized spacial score (nSPS) is 20.6. The second-order valence-electron chi connectivity index (χ2n) is 4.47. The van der Waals surface area contributed by atoms with Gasteiger partial charge in [-0.2, -0.15) is 13.2 Å². The molecule has 1 aliphatic heterocycles. The van der Waals surface area contributed by atoms with Crippen LogP contribution in [0, 0.1) is 0 Å². The van der Waals surface area contributed by atoms with Crippen molar-refractivity contribution < 1.29 is 18.0 Å². The number of halogens is 3. The summed E-state index contributed by atoms with van der Waals surface area (Å²) >= 11 is 0. The zero-order valence-electron chi connectivity index (χ0n) is 10.1. The standard InChI is InChI=1S/C12H14F3N3O/c13-12(14,15)10-4-3-9(7-17-10)18-8-2-1-5-16-11(19)6-8/h3-4,7-8,18H,1-2,5-6H2,(H,16,19). The zero-order chi connectivity index (χ0) is 13.9. The van der Waals surface area contributed by atoms with Gasteiger partial charge >= 0.3 is 6.18 Å². The molecule has 2 heterocycles. The van der Waals surface area contributed by atoms with Crippen molar-refractivity contribution in [1.82, 2.24) is 10.3 Å². The van der Waals surface area contributed by atoms with E-state index in [0.717, 1.165) is 25.1 Å². The van der Waals surface area contributed by atoms with Crippen LogP contribution in [0.5, 0.6) is 0 Å². The Morgan fingerprint density at radius 2 is 2.16 bits per heavy atom. The number of alkyl halides is 3. The van der Waals surface area contributed by atoms with Gasteiger partial charge in [-0.15, -0.1) is 0 Å². The second-order valence-corrected chi connectivity index (χ2v) is 4.47. The summed E-state index contributed by atoms with van der Waals surface area (Å²) in [6.45, 7) is 0.641. The van der Waals surface area contributed by atoms with Crippen molar-refractivity contribution in [3.8, 4) is 0 Å². The van der Waals surface area contributed by atoms with Crippen LogP contribution in [-0.4, -0.2) is 23.5 Å². The van der Waals surface area contributed by atoms with Crippen LogP contribution >= 0.6 is 0 Å². The molecule has 1 aliphatic rings. The Morgan fingerprint density at radius 3 is 2.79 bits per heavy atom. The zero-order valence-corrected chi connectivity index (χ0v) is 10.1. The third-order valence-corrected chi connectivity index (χ3v) is 2.91. The first-order chi connectivity index (χ1) is 8.95. The molecule has 19 heavy (non-hydrogen) atoms. The number of rotatable bonds is 2. The Balaban J connectivity index is 2.01. The van der Waals surface area contributed by atoms with Gasteiger partial charge in [0.15, 0.2) is 0 Å². The Hall–Kier alpha value is -1.79. The van der Waals surface area contributed by atoms with Crippen LogP contribution in [0.25, 0.3) is 0 Å². The van der Waals surface area contributed by atoms with E-state index < -0.39 is 11.9 Å². The van der Waals surface area contributed by atoms with Crippen molar-refractivity contribution in [2.24, 2.45) is 0 Å². The molecule has 1 aromatic heterocycles. The van der Waals surface area contributed by atoms with Gasteiger partial charge in [0.25, 0.3) is 0 Å². The molecule has 7 heteroatoms. The highest BCUT2D eigenvalue weighted by Gasteiger charge is 2.32. The maximum Gasteiger partial charge on any atom is 0.433 e. The quantitative estimate of drug-likeness (QED) is 0.868. The molecule has 104 valence electrons. The average Bonchev–Trinajstić information content (AvgIpc) is 2.53. The highest BCUT2D eigenvalue weighted by molar-refractivity contribution is 5.77. The van der Waals surface area contributed by atoms with Crippen molar-refractivity contribution in [2.75, 3.05) is 11.9 Å². The number of amides is 1. The van der Waals surface area contributed by atoms with Gasteiger partial charge in [0.05, 0.1) is 11.9 Å². The van der Waals surface area contributed by atoms with Crippen LogP contribution < -0.4 is 10.6 Å². The molecule has 1 fully saturated rings. The summed E-state index contributed by atoms with van der Waals surface area (Å²) in [5, 5.41) is 5.79. The fourth-order valence-corrected chi connectivity index (χ4v) is 1.98. The van der Waals surface area contributed by atoms with Gasteiger partial charge in [-0.25, -0.2) is 4.98 Å². The topological polar surface area (TPSA) is 54.0 Å². The Kier molecular flexibility index (Phi) is 3.92. The molecule has 0 radical (unpaired) electrons. The van der Waals surface area contributed by atoms with Crippen LogP contribution in [0.3, 0.4) is 0 Å². The highest BCUT2D eigenvalue weighted by atomic mass is 19.4. The number of hydrogen-bond donors (Lipinski definition) is 2. The Morgan fingerprint density at radius 1 is 1.37 bits per heavy atom. The molecular formula is C12H14F3N3O. The van der Waals surface area contributed by atoms with Crippen molar-refractivity contribution >= 4 is 11.6 Å². The minimum absolute atomic E-state index is 0.0464. The summed E-state index contributed by atoms with van der Waals surface area (Å²) in [6, 6.07) is 2.19. The molecular weight excluding hydrogens is 259 g/mol. The van der Waals surface area contributed by atoms with E-state index >= 15 is 0 Å². The van der Waals surface area contributed by atoms with Gasteiger partial charge < -0.3 is 10.6 Å². The third-order valence-electron chi connectivity index (χ3n) is 2.91. The molecule has 0 saturated carbocycles. The Labute approximate surface area is 108 Å². The second kappa shape index (κ2) is 5.46. The number of anilines is 1. The van der Waals surface area contributed by atoms with Crippen LogP contribution in [-0.2, 0) is 11.0 Å². The van der Waals surface area contributed by atoms with E-state index in [1.165, 1.54) is 6.07 Å². The lowest BCUT2D eigenvalue weighted by Crippen LogP contribution is -2.26. The number of pyridine rings is 1. The van der Waals surface area contributed by atoms with E-state index in [1.807, 2.05) is 0 Å². The summed E-state index contributed by atoms with van der Waals surface area (Å²) in [5.74, 6) is -0.0464. The molecule has 1 unspecified atom stereocenters. The van der Waals surface area contributed by atoms with E-state index in [-0.39, 0.29) is 11.9 Å². The van der Waals surface area contributed by atoms with E-state index in [2.05, 4.69) is 15.6 Å². The summed E-state index contributed by atoms with van der Waals surface area (Å²) < 4.78 is 37.0. The number of carbonyl (C=O) groups is 1. The lowest BCUT2D eigenvalue weighted by atomic mass is 10.1. The SMILES string of the molecule is O=C1CC(Nc2ccc(C(F)(F)F)nc2)CCCN1. The van der Waals surface area contributed by atoms with Crippen molar-refractivity contribution in [3.05, 3.63) is 24.0 Å². The van der Waals surface area contributed by atoms with Crippen molar-refractivity contribution in [2.45, 2.75) is 31.5 Å². The molecule has 0 aromatic carbocycles. The van der Waals surface area contributed by atoms with E-state index in [0.29, 0.717) is 18.7 Å². The summed E-state index contributed by atoms with van der Waals surface area (Å²) in [5.41, 5.74) is -0.427. The molecule has 1 atom stereocenters. The Bertz CT molecular complexity index is 445. The summed E-state index contributed by atoms with van der Waals surface area (Å²) in [4.78, 5) is 14.7. The number of aromatic nitrogens is 1. The molecule has 0 aliphatic carbocycles. The van der Waals surface area contributed by atoms with Crippen LogP contribution in [0.4, 0.5) is 18.9 Å². The molecule has 2 rings (SSSR count). The van der Waals surface area contributed by atoms with E-state index in [1.54, 1.807) is 0 Å². The minimum Gasteiger partial charge on any atom is -0.381 e. The maximum absolute atomic E-state index is 12.3. The van der Waals surface area contributed by atoms with E-state index in [9.17, 15) is 18.0 Å². The first-order valence-corrected chi connectivity index (χ1v) is 6.01. The van der Waals surface area contributed by atoms with Crippen LogP contribution in [0.2, 0.25) is 0 Å². The van der Waals surface area contributed by atoms with Gasteiger partial charge in [-0.1, -0.05) is 0 Å². The molecule has 1 aromatic rings. The highest BCUT2D eigenvalue weighted by Crippen LogP contribution is 2.28. The van der Waals surface area contributed by atoms with Gasteiger partial charge in [0, 0.05) is 19.0 Å². The molecule has 4 nitrogen and oxygen atoms in total.